The summed E-state index contributed by atoms with van der Waals surface area (Å²) in [5.41, 5.74) is 1.41. The Morgan fingerprint density at radius 1 is 1.24 bits per heavy atom. The summed E-state index contributed by atoms with van der Waals surface area (Å²) in [5.74, 6) is 0.766. The number of para-hydroxylation sites is 1. The maximum Gasteiger partial charge on any atom is 0.266 e. The lowest BCUT2D eigenvalue weighted by atomic mass is 10.1. The summed E-state index contributed by atoms with van der Waals surface area (Å²) in [7, 11) is 0. The number of hydrogen-bond acceptors (Lipinski definition) is 3. The highest BCUT2D eigenvalue weighted by atomic mass is 79.9. The minimum atomic E-state index is -0.450. The monoisotopic (exact) mass is 398 g/mol. The molecular weight excluding hydrogens is 380 g/mol. The van der Waals surface area contributed by atoms with Gasteiger partial charge in [-0.15, -0.1) is 0 Å². The lowest BCUT2D eigenvalue weighted by Gasteiger charge is -2.09. The van der Waals surface area contributed by atoms with Crippen LogP contribution in [0.4, 0.5) is 5.69 Å². The number of ether oxygens (including phenoxy) is 1. The van der Waals surface area contributed by atoms with Gasteiger partial charge >= 0.3 is 0 Å². The topological polar surface area (TPSA) is 62.1 Å². The van der Waals surface area contributed by atoms with E-state index in [2.05, 4.69) is 35.1 Å². The van der Waals surface area contributed by atoms with Crippen molar-refractivity contribution in [2.45, 2.75) is 13.8 Å². The van der Waals surface area contributed by atoms with Gasteiger partial charge in [0.15, 0.2) is 0 Å². The number of rotatable bonds is 6. The Morgan fingerprint density at radius 3 is 2.52 bits per heavy atom. The number of nitriles is 1. The Hall–Kier alpha value is -2.58. The summed E-state index contributed by atoms with van der Waals surface area (Å²) in [5, 5.41) is 12.0. The standard InChI is InChI=1S/C20H19BrN2O2/c1-14(2)13-25-17-9-7-15(8-10-17)11-16(12-22)20(24)23-19-6-4-3-5-18(19)21/h3-11,14H,13H2,1-2H3,(H,23,24). The summed E-state index contributed by atoms with van der Waals surface area (Å²) in [6.45, 7) is 4.81. The van der Waals surface area contributed by atoms with E-state index < -0.39 is 5.91 Å². The van der Waals surface area contributed by atoms with Crippen LogP contribution in [0, 0.1) is 17.2 Å². The number of anilines is 1. The lowest BCUT2D eigenvalue weighted by molar-refractivity contribution is -0.112. The quantitative estimate of drug-likeness (QED) is 0.548. The van der Waals surface area contributed by atoms with Crippen LogP contribution in [0.2, 0.25) is 0 Å². The van der Waals surface area contributed by atoms with Crippen molar-refractivity contribution in [1.82, 2.24) is 0 Å². The highest BCUT2D eigenvalue weighted by Gasteiger charge is 2.11. The smallest absolute Gasteiger partial charge is 0.266 e. The number of carbonyl (C=O) groups excluding carboxylic acids is 1. The van der Waals surface area contributed by atoms with Crippen LogP contribution in [0.5, 0.6) is 5.75 Å². The van der Waals surface area contributed by atoms with E-state index in [-0.39, 0.29) is 5.57 Å². The Labute approximate surface area is 156 Å². The van der Waals surface area contributed by atoms with E-state index in [1.807, 2.05) is 48.5 Å². The van der Waals surface area contributed by atoms with Gasteiger partial charge in [-0.3, -0.25) is 4.79 Å². The zero-order chi connectivity index (χ0) is 18.2. The molecule has 2 aromatic carbocycles. The summed E-state index contributed by atoms with van der Waals surface area (Å²) in [4.78, 5) is 12.3. The fourth-order valence-electron chi connectivity index (χ4n) is 1.99. The van der Waals surface area contributed by atoms with Gasteiger partial charge in [0.2, 0.25) is 0 Å². The van der Waals surface area contributed by atoms with Gasteiger partial charge in [0.05, 0.1) is 12.3 Å². The molecule has 128 valence electrons. The first-order valence-electron chi connectivity index (χ1n) is 7.90. The van der Waals surface area contributed by atoms with Crippen LogP contribution < -0.4 is 10.1 Å². The molecule has 0 saturated carbocycles. The van der Waals surface area contributed by atoms with Gasteiger partial charge in [0, 0.05) is 4.47 Å². The third kappa shape index (κ3) is 5.77. The number of nitrogens with zero attached hydrogens (tertiary/aromatic N) is 1. The first-order valence-corrected chi connectivity index (χ1v) is 8.69. The molecule has 0 aliphatic rings. The minimum absolute atomic E-state index is 0.0339. The van der Waals surface area contributed by atoms with Gasteiger partial charge in [-0.2, -0.15) is 5.26 Å². The molecule has 0 saturated heterocycles. The molecule has 1 N–H and O–H groups in total. The van der Waals surface area contributed by atoms with Crippen LogP contribution in [-0.2, 0) is 4.79 Å². The lowest BCUT2D eigenvalue weighted by Crippen LogP contribution is -2.13. The van der Waals surface area contributed by atoms with Crippen molar-refractivity contribution < 1.29 is 9.53 Å². The number of carbonyl (C=O) groups is 1. The van der Waals surface area contributed by atoms with E-state index in [1.165, 1.54) is 0 Å². The van der Waals surface area contributed by atoms with Gasteiger partial charge < -0.3 is 10.1 Å². The van der Waals surface area contributed by atoms with Crippen LogP contribution >= 0.6 is 15.9 Å². The average molecular weight is 399 g/mol. The molecule has 2 rings (SSSR count). The zero-order valence-corrected chi connectivity index (χ0v) is 15.7. The van der Waals surface area contributed by atoms with Gasteiger partial charge in [-0.05, 0) is 57.8 Å². The molecule has 25 heavy (non-hydrogen) atoms. The third-order valence-corrected chi connectivity index (χ3v) is 3.95. The second kappa shape index (κ2) is 9.05. The average Bonchev–Trinajstić information content (AvgIpc) is 2.60. The second-order valence-electron chi connectivity index (χ2n) is 5.88. The molecular formula is C20H19BrN2O2. The van der Waals surface area contributed by atoms with Crippen molar-refractivity contribution >= 4 is 33.6 Å². The van der Waals surface area contributed by atoms with Crippen molar-refractivity contribution in [3.05, 3.63) is 64.1 Å². The molecule has 4 nitrogen and oxygen atoms in total. The maximum absolute atomic E-state index is 12.3. The van der Waals surface area contributed by atoms with Crippen LogP contribution in [0.15, 0.2) is 58.6 Å². The van der Waals surface area contributed by atoms with Crippen LogP contribution in [0.3, 0.4) is 0 Å². The molecule has 2 aromatic rings. The van der Waals surface area contributed by atoms with E-state index in [0.29, 0.717) is 18.2 Å². The third-order valence-electron chi connectivity index (χ3n) is 3.26. The van der Waals surface area contributed by atoms with Crippen molar-refractivity contribution in [1.29, 1.82) is 5.26 Å². The van der Waals surface area contributed by atoms with Gasteiger partial charge in [-0.1, -0.05) is 38.1 Å². The maximum atomic E-state index is 12.3. The van der Waals surface area contributed by atoms with Gasteiger partial charge in [-0.25, -0.2) is 0 Å². The van der Waals surface area contributed by atoms with E-state index in [0.717, 1.165) is 15.8 Å². The number of nitrogens with one attached hydrogen (secondary N) is 1. The van der Waals surface area contributed by atoms with Crippen LogP contribution in [0.25, 0.3) is 6.08 Å². The number of hydrogen-bond donors (Lipinski definition) is 1. The molecule has 0 spiro atoms. The van der Waals surface area contributed by atoms with Crippen molar-refractivity contribution in [3.8, 4) is 11.8 Å². The fraction of sp³-hybridized carbons (Fsp3) is 0.200. The summed E-state index contributed by atoms with van der Waals surface area (Å²) in [6, 6.07) is 16.5. The van der Waals surface area contributed by atoms with Crippen molar-refractivity contribution in [3.63, 3.8) is 0 Å². The van der Waals surface area contributed by atoms with Gasteiger partial charge in [0.1, 0.15) is 17.4 Å². The summed E-state index contributed by atoms with van der Waals surface area (Å²) >= 11 is 3.36. The van der Waals surface area contributed by atoms with Gasteiger partial charge in [0.25, 0.3) is 5.91 Å². The van der Waals surface area contributed by atoms with E-state index >= 15 is 0 Å². The largest absolute Gasteiger partial charge is 0.493 e. The summed E-state index contributed by atoms with van der Waals surface area (Å²) < 4.78 is 6.38. The van der Waals surface area contributed by atoms with Crippen molar-refractivity contribution in [2.24, 2.45) is 5.92 Å². The fourth-order valence-corrected chi connectivity index (χ4v) is 2.37. The number of benzene rings is 2. The SMILES string of the molecule is CC(C)COc1ccc(C=C(C#N)C(=O)Nc2ccccc2Br)cc1. The summed E-state index contributed by atoms with van der Waals surface area (Å²) in [6.07, 6.45) is 1.55. The molecule has 0 aromatic heterocycles. The Bertz CT molecular complexity index is 805. The van der Waals surface area contributed by atoms with Crippen LogP contribution in [0.1, 0.15) is 19.4 Å². The molecule has 0 fully saturated rings. The predicted octanol–water partition coefficient (Wildman–Crippen LogP) is 5.03. The Balaban J connectivity index is 2.10. The normalized spacial score (nSPS) is 11.1. The number of amides is 1. The van der Waals surface area contributed by atoms with E-state index in [9.17, 15) is 10.1 Å². The molecule has 0 radical (unpaired) electrons. The van der Waals surface area contributed by atoms with Crippen LogP contribution in [-0.4, -0.2) is 12.5 Å². The molecule has 0 atom stereocenters. The highest BCUT2D eigenvalue weighted by Crippen LogP contribution is 2.22. The zero-order valence-electron chi connectivity index (χ0n) is 14.1. The first-order chi connectivity index (χ1) is 12.0. The molecule has 5 heteroatoms. The molecule has 0 unspecified atom stereocenters. The molecule has 0 heterocycles. The highest BCUT2D eigenvalue weighted by molar-refractivity contribution is 9.10. The van der Waals surface area contributed by atoms with E-state index in [1.54, 1.807) is 12.1 Å². The van der Waals surface area contributed by atoms with Crippen molar-refractivity contribution in [2.75, 3.05) is 11.9 Å². The first kappa shape index (κ1) is 18.8. The Morgan fingerprint density at radius 2 is 1.92 bits per heavy atom. The minimum Gasteiger partial charge on any atom is -0.493 e. The van der Waals surface area contributed by atoms with E-state index in [4.69, 9.17) is 4.74 Å². The molecule has 0 aliphatic heterocycles. The molecule has 0 aliphatic carbocycles. The Kier molecular flexibility index (Phi) is 6.79. The second-order valence-corrected chi connectivity index (χ2v) is 6.73. The number of halogens is 1. The molecule has 0 bridgehead atoms. The molecule has 1 amide bonds. The predicted molar refractivity (Wildman–Crippen MR) is 103 cm³/mol.